The Balaban J connectivity index is 1.50. The quantitative estimate of drug-likeness (QED) is 0.414. The van der Waals surface area contributed by atoms with Crippen LogP contribution in [0.1, 0.15) is 77.7 Å². The number of ether oxygens (including phenoxy) is 1. The number of hydrogen-bond donors (Lipinski definition) is 0. The summed E-state index contributed by atoms with van der Waals surface area (Å²) >= 11 is 0. The van der Waals surface area contributed by atoms with Crippen LogP contribution in [0.25, 0.3) is 0 Å². The molecule has 4 saturated carbocycles. The van der Waals surface area contributed by atoms with Crippen molar-refractivity contribution >= 4 is 21.9 Å². The SMILES string of the molecule is CC(=O)O[C@H]1CC[C@@]2(C)C(C1)[C@@H](OS(=O)(=O)c1ccc(C)cc1)C[C@@H]1[C@@H]2CC[C@]2(C)C(=O)CC[C@@H]12. The van der Waals surface area contributed by atoms with Crippen LogP contribution >= 0.6 is 0 Å². The molecule has 0 radical (unpaired) electrons. The number of Topliss-reactive ketones (excluding diaryl/α,β-unsaturated/α-hetero) is 1. The minimum Gasteiger partial charge on any atom is -0.463 e. The molecule has 192 valence electrons. The smallest absolute Gasteiger partial charge is 0.302 e. The summed E-state index contributed by atoms with van der Waals surface area (Å²) in [4.78, 5) is 24.7. The second kappa shape index (κ2) is 8.69. The van der Waals surface area contributed by atoms with Crippen molar-refractivity contribution in [3.05, 3.63) is 29.8 Å². The predicted molar refractivity (Wildman–Crippen MR) is 131 cm³/mol. The molecule has 0 bridgehead atoms. The number of rotatable bonds is 4. The van der Waals surface area contributed by atoms with Gasteiger partial charge in [-0.3, -0.25) is 13.8 Å². The fraction of sp³-hybridized carbons (Fsp3) is 0.714. The van der Waals surface area contributed by atoms with Gasteiger partial charge in [0, 0.05) is 18.8 Å². The molecule has 1 aromatic carbocycles. The van der Waals surface area contributed by atoms with E-state index in [1.807, 2.05) is 6.92 Å². The van der Waals surface area contributed by atoms with Crippen LogP contribution in [0.4, 0.5) is 0 Å². The summed E-state index contributed by atoms with van der Waals surface area (Å²) in [6.07, 6.45) is 5.64. The summed E-state index contributed by atoms with van der Waals surface area (Å²) in [7, 11) is -3.96. The zero-order valence-corrected chi connectivity index (χ0v) is 22.1. The highest BCUT2D eigenvalue weighted by Crippen LogP contribution is 2.66. The van der Waals surface area contributed by atoms with E-state index < -0.39 is 16.2 Å². The molecular formula is C28H38O6S. The molecule has 0 N–H and O–H groups in total. The van der Waals surface area contributed by atoms with Crippen molar-refractivity contribution in [3.8, 4) is 0 Å². The summed E-state index contributed by atoms with van der Waals surface area (Å²) in [6, 6.07) is 6.77. The van der Waals surface area contributed by atoms with Gasteiger partial charge in [-0.15, -0.1) is 0 Å². The van der Waals surface area contributed by atoms with E-state index >= 15 is 0 Å². The van der Waals surface area contributed by atoms with Crippen LogP contribution in [0.15, 0.2) is 29.2 Å². The van der Waals surface area contributed by atoms with Crippen molar-refractivity contribution in [2.75, 3.05) is 0 Å². The lowest BCUT2D eigenvalue weighted by molar-refractivity contribution is -0.175. The number of ketones is 1. The van der Waals surface area contributed by atoms with Gasteiger partial charge in [-0.2, -0.15) is 8.42 Å². The average molecular weight is 503 g/mol. The van der Waals surface area contributed by atoms with Crippen molar-refractivity contribution in [1.29, 1.82) is 0 Å². The summed E-state index contributed by atoms with van der Waals surface area (Å²) in [5.74, 6) is 1.03. The minimum atomic E-state index is -3.96. The molecule has 0 spiro atoms. The summed E-state index contributed by atoms with van der Waals surface area (Å²) in [6.45, 7) is 7.78. The first kappa shape index (κ1) is 24.9. The van der Waals surface area contributed by atoms with E-state index in [1.165, 1.54) is 6.92 Å². The second-order valence-corrected chi connectivity index (χ2v) is 13.6. The van der Waals surface area contributed by atoms with Gasteiger partial charge in [0.15, 0.2) is 0 Å². The molecule has 5 rings (SSSR count). The molecule has 7 heteroatoms. The van der Waals surface area contributed by atoms with E-state index in [9.17, 15) is 18.0 Å². The lowest BCUT2D eigenvalue weighted by Gasteiger charge is -2.61. The van der Waals surface area contributed by atoms with Gasteiger partial charge in [0.1, 0.15) is 11.9 Å². The Labute approximate surface area is 209 Å². The minimum absolute atomic E-state index is 0.0245. The average Bonchev–Trinajstić information content (AvgIpc) is 3.09. The molecule has 1 unspecified atom stereocenters. The van der Waals surface area contributed by atoms with Crippen molar-refractivity contribution in [1.82, 2.24) is 0 Å². The second-order valence-electron chi connectivity index (χ2n) is 12.1. The molecule has 0 heterocycles. The third kappa shape index (κ3) is 4.16. The van der Waals surface area contributed by atoms with Crippen LogP contribution < -0.4 is 0 Å². The maximum absolute atomic E-state index is 13.4. The van der Waals surface area contributed by atoms with Crippen LogP contribution in [0.2, 0.25) is 0 Å². The third-order valence-corrected chi connectivity index (χ3v) is 11.6. The van der Waals surface area contributed by atoms with E-state index in [-0.39, 0.29) is 45.6 Å². The lowest BCUT2D eigenvalue weighted by Crippen LogP contribution is -2.59. The van der Waals surface area contributed by atoms with Crippen LogP contribution in [-0.2, 0) is 28.6 Å². The standard InChI is InChI=1S/C28H38O6S/c1-17-5-7-20(8-6-17)35(31,32)34-25-16-21-22-9-10-26(30)28(22,4)14-12-23(21)27(3)13-11-19(15-24(25)27)33-18(2)29/h5-8,19,21-25H,9-16H2,1-4H3/t19-,21-,22-,23-,24?,25-,27+,28-/m0/s1. The molecule has 0 saturated heterocycles. The van der Waals surface area contributed by atoms with Gasteiger partial charge in [-0.05, 0) is 93.1 Å². The molecular weight excluding hydrogens is 464 g/mol. The Morgan fingerprint density at radius 1 is 0.971 bits per heavy atom. The maximum atomic E-state index is 13.4. The maximum Gasteiger partial charge on any atom is 0.302 e. The van der Waals surface area contributed by atoms with Gasteiger partial charge in [0.05, 0.1) is 11.0 Å². The molecule has 8 atom stereocenters. The molecule has 4 aliphatic rings. The topological polar surface area (TPSA) is 86.7 Å². The summed E-state index contributed by atoms with van der Waals surface area (Å²) in [5, 5.41) is 0. The van der Waals surface area contributed by atoms with Crippen molar-refractivity contribution in [2.24, 2.45) is 34.5 Å². The van der Waals surface area contributed by atoms with E-state index in [4.69, 9.17) is 8.92 Å². The van der Waals surface area contributed by atoms with Crippen molar-refractivity contribution in [3.63, 3.8) is 0 Å². The highest BCUT2D eigenvalue weighted by atomic mass is 32.2. The first-order valence-corrected chi connectivity index (χ1v) is 14.6. The Morgan fingerprint density at radius 2 is 1.69 bits per heavy atom. The normalized spacial score (nSPS) is 41.0. The summed E-state index contributed by atoms with van der Waals surface area (Å²) in [5.41, 5.74) is 0.584. The zero-order valence-electron chi connectivity index (χ0n) is 21.3. The van der Waals surface area contributed by atoms with Crippen molar-refractivity contribution < 1.29 is 26.9 Å². The molecule has 0 amide bonds. The Bertz CT molecular complexity index is 1110. The van der Waals surface area contributed by atoms with Crippen molar-refractivity contribution in [2.45, 2.75) is 96.2 Å². The zero-order chi connectivity index (χ0) is 25.2. The molecule has 1 aromatic rings. The molecule has 35 heavy (non-hydrogen) atoms. The largest absolute Gasteiger partial charge is 0.463 e. The highest BCUT2D eigenvalue weighted by molar-refractivity contribution is 7.86. The first-order valence-electron chi connectivity index (χ1n) is 13.1. The Hall–Kier alpha value is -1.73. The van der Waals surface area contributed by atoms with Gasteiger partial charge in [0.25, 0.3) is 10.1 Å². The number of fused-ring (bicyclic) bond motifs is 5. The number of carbonyl (C=O) groups is 2. The number of benzene rings is 1. The highest BCUT2D eigenvalue weighted by Gasteiger charge is 2.63. The molecule has 0 aromatic heterocycles. The molecule has 4 fully saturated rings. The summed E-state index contributed by atoms with van der Waals surface area (Å²) < 4.78 is 38.5. The number of carbonyl (C=O) groups excluding carboxylic acids is 2. The van der Waals surface area contributed by atoms with Gasteiger partial charge < -0.3 is 4.74 Å². The number of hydrogen-bond acceptors (Lipinski definition) is 6. The Kier molecular flexibility index (Phi) is 6.19. The van der Waals surface area contributed by atoms with Crippen LogP contribution in [0.5, 0.6) is 0 Å². The fourth-order valence-electron chi connectivity index (χ4n) is 8.37. The first-order chi connectivity index (χ1) is 16.4. The van der Waals surface area contributed by atoms with E-state index in [1.54, 1.807) is 24.3 Å². The lowest BCUT2D eigenvalue weighted by atomic mass is 9.44. The van der Waals surface area contributed by atoms with Gasteiger partial charge in [-0.25, -0.2) is 0 Å². The van der Waals surface area contributed by atoms with Crippen LogP contribution in [0, 0.1) is 41.4 Å². The number of esters is 1. The van der Waals surface area contributed by atoms with E-state index in [0.29, 0.717) is 31.0 Å². The monoisotopic (exact) mass is 502 g/mol. The van der Waals surface area contributed by atoms with E-state index in [0.717, 1.165) is 37.7 Å². The molecule has 0 aliphatic heterocycles. The van der Waals surface area contributed by atoms with Gasteiger partial charge in [-0.1, -0.05) is 31.5 Å². The number of aryl methyl sites for hydroxylation is 1. The van der Waals surface area contributed by atoms with Crippen LogP contribution in [0.3, 0.4) is 0 Å². The van der Waals surface area contributed by atoms with Gasteiger partial charge >= 0.3 is 5.97 Å². The van der Waals surface area contributed by atoms with E-state index in [2.05, 4.69) is 13.8 Å². The molecule has 4 aliphatic carbocycles. The molecule has 6 nitrogen and oxygen atoms in total. The Morgan fingerprint density at radius 3 is 2.37 bits per heavy atom. The fourth-order valence-corrected chi connectivity index (χ4v) is 9.49. The van der Waals surface area contributed by atoms with Crippen LogP contribution in [-0.4, -0.2) is 32.4 Å². The predicted octanol–water partition coefficient (Wildman–Crippen LogP) is 5.22. The third-order valence-electron chi connectivity index (χ3n) is 10.2. The van der Waals surface area contributed by atoms with Gasteiger partial charge in [0.2, 0.25) is 0 Å².